The number of carbonyl (C=O) groups is 2. The van der Waals surface area contributed by atoms with Crippen molar-refractivity contribution in [2.45, 2.75) is 0 Å². The highest BCUT2D eigenvalue weighted by Crippen LogP contribution is 2.37. The Morgan fingerprint density at radius 2 is 0.947 bits per heavy atom. The second kappa shape index (κ2) is 10.6. The molecule has 0 fully saturated rings. The number of rotatable bonds is 9. The number of aromatic nitrogens is 3. The maximum Gasteiger partial charge on any atom is 0.341 e. The average molecular weight is 521 g/mol. The van der Waals surface area contributed by atoms with Crippen molar-refractivity contribution in [3.05, 3.63) is 54.6 Å². The summed E-state index contributed by atoms with van der Waals surface area (Å²) in [6.45, 7) is -1.24. The molecule has 0 amide bonds. The first-order chi connectivity index (χ1) is 18.1. The third-order valence-corrected chi connectivity index (χ3v) is 5.00. The SMILES string of the molecule is O=C(O)COc1ccc(-c2nc(-c3ccc(O)cc3O)nc(-c3ccc(OCC(=O)O)cc3O)n2)c(O)c1. The molecule has 0 saturated heterocycles. The summed E-state index contributed by atoms with van der Waals surface area (Å²) in [4.78, 5) is 34.5. The molecule has 0 saturated carbocycles. The van der Waals surface area contributed by atoms with Crippen molar-refractivity contribution >= 4 is 11.9 Å². The Hall–Kier alpha value is -5.59. The second-order valence-electron chi connectivity index (χ2n) is 7.73. The fourth-order valence-electron chi connectivity index (χ4n) is 3.32. The van der Waals surface area contributed by atoms with Crippen LogP contribution in [0.2, 0.25) is 0 Å². The summed E-state index contributed by atoms with van der Waals surface area (Å²) in [7, 11) is 0. The molecule has 0 spiro atoms. The number of hydrogen-bond acceptors (Lipinski definition) is 11. The van der Waals surface area contributed by atoms with Gasteiger partial charge in [0.25, 0.3) is 0 Å². The summed E-state index contributed by atoms with van der Waals surface area (Å²) in [5.41, 5.74) is 0.294. The molecule has 13 heteroatoms. The van der Waals surface area contributed by atoms with Crippen LogP contribution in [-0.2, 0) is 9.59 Å². The molecule has 0 atom stereocenters. The van der Waals surface area contributed by atoms with Crippen LogP contribution in [0.15, 0.2) is 54.6 Å². The zero-order valence-electron chi connectivity index (χ0n) is 19.3. The van der Waals surface area contributed by atoms with Crippen LogP contribution in [0.25, 0.3) is 34.2 Å². The molecule has 0 radical (unpaired) electrons. The lowest BCUT2D eigenvalue weighted by atomic mass is 10.1. The van der Waals surface area contributed by atoms with E-state index in [0.717, 1.165) is 6.07 Å². The van der Waals surface area contributed by atoms with Gasteiger partial charge in [-0.1, -0.05) is 0 Å². The molecule has 38 heavy (non-hydrogen) atoms. The van der Waals surface area contributed by atoms with Crippen LogP contribution in [0.3, 0.4) is 0 Å². The summed E-state index contributed by atoms with van der Waals surface area (Å²) in [5, 5.41) is 58.8. The number of carboxylic acid groups (broad SMARTS) is 2. The minimum absolute atomic E-state index is 0.0706. The first-order valence-electron chi connectivity index (χ1n) is 10.7. The van der Waals surface area contributed by atoms with E-state index < -0.39 is 25.2 Å². The smallest absolute Gasteiger partial charge is 0.341 e. The molecule has 1 heterocycles. The molecule has 0 bridgehead atoms. The molecule has 0 aliphatic heterocycles. The van der Waals surface area contributed by atoms with Gasteiger partial charge in [0.15, 0.2) is 30.7 Å². The van der Waals surface area contributed by atoms with Crippen molar-refractivity contribution < 1.29 is 49.7 Å². The molecular formula is C25H19N3O10. The van der Waals surface area contributed by atoms with Crippen LogP contribution in [0.5, 0.6) is 34.5 Å². The van der Waals surface area contributed by atoms with Gasteiger partial charge in [0, 0.05) is 18.2 Å². The fraction of sp³-hybridized carbons (Fsp3) is 0.0800. The molecule has 0 aliphatic carbocycles. The van der Waals surface area contributed by atoms with Crippen LogP contribution in [0, 0.1) is 0 Å². The number of ether oxygens (including phenoxy) is 2. The fourth-order valence-corrected chi connectivity index (χ4v) is 3.32. The Morgan fingerprint density at radius 3 is 1.29 bits per heavy atom. The second-order valence-corrected chi connectivity index (χ2v) is 7.73. The summed E-state index contributed by atoms with van der Waals surface area (Å²) in [5.74, 6) is -3.74. The van der Waals surface area contributed by atoms with Gasteiger partial charge in [0.05, 0.1) is 16.7 Å². The van der Waals surface area contributed by atoms with Gasteiger partial charge >= 0.3 is 11.9 Å². The highest BCUT2D eigenvalue weighted by Gasteiger charge is 2.19. The van der Waals surface area contributed by atoms with Gasteiger partial charge in [-0.2, -0.15) is 0 Å². The highest BCUT2D eigenvalue weighted by molar-refractivity contribution is 5.75. The topological polar surface area (TPSA) is 213 Å². The Bertz CT molecular complexity index is 1450. The summed E-state index contributed by atoms with van der Waals surface area (Å²) in [6, 6.07) is 11.6. The zero-order valence-corrected chi connectivity index (χ0v) is 19.3. The summed E-state index contributed by atoms with van der Waals surface area (Å²) in [6.07, 6.45) is 0. The van der Waals surface area contributed by atoms with Gasteiger partial charge in [-0.15, -0.1) is 0 Å². The normalized spacial score (nSPS) is 10.6. The quantitative estimate of drug-likeness (QED) is 0.187. The number of benzene rings is 3. The number of nitrogens with zero attached hydrogens (tertiary/aromatic N) is 3. The Kier molecular flexibility index (Phi) is 7.10. The molecule has 4 rings (SSSR count). The molecule has 3 aromatic carbocycles. The van der Waals surface area contributed by atoms with Crippen molar-refractivity contribution in [1.29, 1.82) is 0 Å². The standard InChI is InChI=1S/C25H19N3O10/c29-12-1-4-15(18(30)7-12)23-26-24(16-5-2-13(8-19(16)31)37-10-21(33)34)28-25(27-23)17-6-3-14(9-20(17)32)38-11-22(35)36/h1-9,29-32H,10-11H2,(H,33,34)(H,35,36). The summed E-state index contributed by atoms with van der Waals surface area (Å²) >= 11 is 0. The lowest BCUT2D eigenvalue weighted by Gasteiger charge is -2.12. The van der Waals surface area contributed by atoms with Gasteiger partial charge in [-0.3, -0.25) is 0 Å². The molecule has 4 aromatic rings. The maximum absolute atomic E-state index is 10.7. The number of carboxylic acids is 2. The monoisotopic (exact) mass is 521 g/mol. The van der Waals surface area contributed by atoms with Gasteiger partial charge < -0.3 is 40.1 Å². The Balaban J connectivity index is 1.82. The van der Waals surface area contributed by atoms with Crippen molar-refractivity contribution in [2.24, 2.45) is 0 Å². The molecule has 1 aromatic heterocycles. The summed E-state index contributed by atoms with van der Waals surface area (Å²) < 4.78 is 10.1. The van der Waals surface area contributed by atoms with Crippen molar-refractivity contribution in [1.82, 2.24) is 15.0 Å². The highest BCUT2D eigenvalue weighted by atomic mass is 16.5. The number of aromatic hydroxyl groups is 4. The molecule has 194 valence electrons. The molecule has 6 N–H and O–H groups in total. The van der Waals surface area contributed by atoms with E-state index >= 15 is 0 Å². The van der Waals surface area contributed by atoms with Crippen molar-refractivity contribution in [3.63, 3.8) is 0 Å². The van der Waals surface area contributed by atoms with Crippen LogP contribution in [0.4, 0.5) is 0 Å². The maximum atomic E-state index is 10.7. The molecule has 0 unspecified atom stereocenters. The molecule has 13 nitrogen and oxygen atoms in total. The minimum Gasteiger partial charge on any atom is -0.508 e. The lowest BCUT2D eigenvalue weighted by Crippen LogP contribution is -2.09. The predicted octanol–water partition coefficient (Wildman–Crippen LogP) is 2.62. The first-order valence-corrected chi connectivity index (χ1v) is 10.7. The molecule has 0 aliphatic rings. The number of phenols is 4. The average Bonchev–Trinajstić information content (AvgIpc) is 2.86. The van der Waals surface area contributed by atoms with Crippen molar-refractivity contribution in [3.8, 4) is 68.7 Å². The van der Waals surface area contributed by atoms with Gasteiger partial charge in [-0.05, 0) is 36.4 Å². The Labute approximate surface area is 213 Å². The van der Waals surface area contributed by atoms with Gasteiger partial charge in [-0.25, -0.2) is 24.5 Å². The lowest BCUT2D eigenvalue weighted by molar-refractivity contribution is -0.140. The molecular weight excluding hydrogens is 502 g/mol. The van der Waals surface area contributed by atoms with E-state index in [1.54, 1.807) is 0 Å². The van der Waals surface area contributed by atoms with Gasteiger partial charge in [0.1, 0.15) is 34.5 Å². The predicted molar refractivity (Wildman–Crippen MR) is 129 cm³/mol. The third-order valence-electron chi connectivity index (χ3n) is 5.00. The Morgan fingerprint density at radius 1 is 0.579 bits per heavy atom. The van der Waals surface area contributed by atoms with Crippen LogP contribution < -0.4 is 9.47 Å². The van der Waals surface area contributed by atoms with E-state index in [4.69, 9.17) is 19.7 Å². The van der Waals surface area contributed by atoms with Crippen LogP contribution in [0.1, 0.15) is 0 Å². The number of aliphatic carboxylic acids is 2. The van der Waals surface area contributed by atoms with E-state index in [1.165, 1.54) is 48.5 Å². The first kappa shape index (κ1) is 25.5. The van der Waals surface area contributed by atoms with Crippen molar-refractivity contribution in [2.75, 3.05) is 13.2 Å². The van der Waals surface area contributed by atoms with Crippen LogP contribution in [-0.4, -0.2) is 70.7 Å². The minimum atomic E-state index is -1.20. The number of phenolic OH excluding ortho intramolecular Hbond substituents is 4. The van der Waals surface area contributed by atoms with E-state index in [0.29, 0.717) is 0 Å². The van der Waals surface area contributed by atoms with E-state index in [9.17, 15) is 30.0 Å². The van der Waals surface area contributed by atoms with Gasteiger partial charge in [0.2, 0.25) is 0 Å². The van der Waals surface area contributed by atoms with E-state index in [1.807, 2.05) is 0 Å². The third kappa shape index (κ3) is 5.79. The van der Waals surface area contributed by atoms with Crippen LogP contribution >= 0.6 is 0 Å². The van der Waals surface area contributed by atoms with E-state index in [2.05, 4.69) is 15.0 Å². The number of hydrogen-bond donors (Lipinski definition) is 6. The zero-order chi connectivity index (χ0) is 27.4. The van der Waals surface area contributed by atoms with E-state index in [-0.39, 0.29) is 68.7 Å². The largest absolute Gasteiger partial charge is 0.508 e.